The molecule has 2 rings (SSSR count). The van der Waals surface area contributed by atoms with Crippen molar-refractivity contribution in [3.05, 3.63) is 52.1 Å². The highest BCUT2D eigenvalue weighted by Crippen LogP contribution is 2.27. The largest absolute Gasteiger partial charge is 0.292 e. The van der Waals surface area contributed by atoms with E-state index in [4.69, 9.17) is 11.6 Å². The van der Waals surface area contributed by atoms with Crippen LogP contribution in [0.5, 0.6) is 0 Å². The zero-order valence-electron chi connectivity index (χ0n) is 10.9. The maximum absolute atomic E-state index is 14.0. The molecule has 0 aliphatic heterocycles. The first-order valence-corrected chi connectivity index (χ1v) is 6.21. The lowest BCUT2D eigenvalue weighted by Gasteiger charge is -2.09. The van der Waals surface area contributed by atoms with Crippen LogP contribution in [0, 0.1) is 24.1 Å². The van der Waals surface area contributed by atoms with Crippen LogP contribution in [0.15, 0.2) is 24.4 Å². The summed E-state index contributed by atoms with van der Waals surface area (Å²) in [5.74, 6) is -2.47. The Morgan fingerprint density at radius 1 is 1.55 bits per heavy atom. The summed E-state index contributed by atoms with van der Waals surface area (Å²) in [5.41, 5.74) is 0.784. The fraction of sp³-hybridized carbons (Fsp3) is 0.214. The highest BCUT2D eigenvalue weighted by molar-refractivity contribution is 6.30. The molecule has 0 aliphatic carbocycles. The molecule has 0 N–H and O–H groups in total. The van der Waals surface area contributed by atoms with E-state index >= 15 is 0 Å². The van der Waals surface area contributed by atoms with Gasteiger partial charge in [0.05, 0.1) is 22.3 Å². The molecule has 0 saturated heterocycles. The van der Waals surface area contributed by atoms with Crippen molar-refractivity contribution < 1.29 is 9.18 Å². The van der Waals surface area contributed by atoms with E-state index in [0.717, 1.165) is 0 Å². The van der Waals surface area contributed by atoms with Gasteiger partial charge in [0.1, 0.15) is 11.7 Å². The Bertz CT molecular complexity index is 718. The molecule has 0 aliphatic rings. The summed E-state index contributed by atoms with van der Waals surface area (Å²) < 4.78 is 15.4. The number of Topliss-reactive ketones (excluding diaryl/α,β-unsaturated/α-hetero) is 1. The van der Waals surface area contributed by atoms with E-state index < -0.39 is 17.5 Å². The number of rotatable bonds is 3. The van der Waals surface area contributed by atoms with E-state index in [1.54, 1.807) is 14.0 Å². The van der Waals surface area contributed by atoms with Gasteiger partial charge in [-0.1, -0.05) is 23.7 Å². The van der Waals surface area contributed by atoms with Crippen molar-refractivity contribution in [3.63, 3.8) is 0 Å². The summed E-state index contributed by atoms with van der Waals surface area (Å²) in [5, 5.41) is 13.2. The Labute approximate surface area is 120 Å². The van der Waals surface area contributed by atoms with Gasteiger partial charge in [-0.25, -0.2) is 4.39 Å². The minimum Gasteiger partial charge on any atom is -0.292 e. The third-order valence-electron chi connectivity index (χ3n) is 2.96. The smallest absolute Gasteiger partial charge is 0.187 e. The van der Waals surface area contributed by atoms with Crippen LogP contribution in [0.2, 0.25) is 5.02 Å². The molecule has 102 valence electrons. The predicted molar refractivity (Wildman–Crippen MR) is 72.0 cm³/mol. The van der Waals surface area contributed by atoms with Crippen LogP contribution in [0.1, 0.15) is 27.5 Å². The van der Waals surface area contributed by atoms with Crippen LogP contribution in [0.3, 0.4) is 0 Å². The molecule has 4 nitrogen and oxygen atoms in total. The first-order valence-electron chi connectivity index (χ1n) is 5.83. The molecule has 1 aromatic heterocycles. The number of hydrogen-bond acceptors (Lipinski definition) is 3. The van der Waals surface area contributed by atoms with Gasteiger partial charge in [0.2, 0.25) is 0 Å². The second-order valence-corrected chi connectivity index (χ2v) is 4.78. The first-order chi connectivity index (χ1) is 9.45. The molecule has 1 heterocycles. The SMILES string of the molecule is Cc1nn(C)cc1C(=O)C(C#N)c1cccc(Cl)c1F. The second-order valence-electron chi connectivity index (χ2n) is 4.37. The van der Waals surface area contributed by atoms with Gasteiger partial charge in [-0.15, -0.1) is 0 Å². The lowest BCUT2D eigenvalue weighted by Crippen LogP contribution is -2.13. The van der Waals surface area contributed by atoms with Crippen LogP contribution in [0.4, 0.5) is 4.39 Å². The number of hydrogen-bond donors (Lipinski definition) is 0. The fourth-order valence-corrected chi connectivity index (χ4v) is 2.19. The summed E-state index contributed by atoms with van der Waals surface area (Å²) in [6.07, 6.45) is 1.52. The van der Waals surface area contributed by atoms with Crippen LogP contribution >= 0.6 is 11.6 Å². The number of halogens is 2. The fourth-order valence-electron chi connectivity index (χ4n) is 2.01. The van der Waals surface area contributed by atoms with E-state index in [9.17, 15) is 14.4 Å². The van der Waals surface area contributed by atoms with Crippen molar-refractivity contribution >= 4 is 17.4 Å². The van der Waals surface area contributed by atoms with Gasteiger partial charge in [0, 0.05) is 18.8 Å². The summed E-state index contributed by atoms with van der Waals surface area (Å²) in [7, 11) is 1.67. The van der Waals surface area contributed by atoms with E-state index in [1.165, 1.54) is 29.1 Å². The zero-order valence-corrected chi connectivity index (χ0v) is 11.6. The molecule has 0 amide bonds. The first kappa shape index (κ1) is 14.2. The maximum Gasteiger partial charge on any atom is 0.187 e. The Morgan fingerprint density at radius 2 is 2.25 bits per heavy atom. The van der Waals surface area contributed by atoms with Crippen molar-refractivity contribution in [1.29, 1.82) is 5.26 Å². The van der Waals surface area contributed by atoms with Crippen LogP contribution in [-0.2, 0) is 7.05 Å². The number of carbonyl (C=O) groups is 1. The van der Waals surface area contributed by atoms with Crippen LogP contribution in [-0.4, -0.2) is 15.6 Å². The standard InChI is InChI=1S/C14H11ClFN3O/c1-8-11(7-19(2)18-8)14(20)10(6-17)9-4-3-5-12(15)13(9)16/h3-5,7,10H,1-2H3. The minimum atomic E-state index is -1.24. The normalized spacial score (nSPS) is 11.9. The van der Waals surface area contributed by atoms with Gasteiger partial charge in [0.25, 0.3) is 0 Å². The van der Waals surface area contributed by atoms with Gasteiger partial charge in [-0.3, -0.25) is 9.48 Å². The number of carbonyl (C=O) groups excluding carboxylic acids is 1. The predicted octanol–water partition coefficient (Wildman–Crippen LogP) is 3.01. The van der Waals surface area contributed by atoms with Crippen LogP contribution < -0.4 is 0 Å². The third kappa shape index (κ3) is 2.43. The summed E-state index contributed by atoms with van der Waals surface area (Å²) in [4.78, 5) is 12.4. The van der Waals surface area contributed by atoms with Gasteiger partial charge in [-0.2, -0.15) is 10.4 Å². The summed E-state index contributed by atoms with van der Waals surface area (Å²) in [6.45, 7) is 1.66. The molecular formula is C14H11ClFN3O. The highest BCUT2D eigenvalue weighted by Gasteiger charge is 2.27. The van der Waals surface area contributed by atoms with Gasteiger partial charge >= 0.3 is 0 Å². The Balaban J connectivity index is 2.48. The summed E-state index contributed by atoms with van der Waals surface area (Å²) in [6, 6.07) is 6.10. The van der Waals surface area contributed by atoms with Crippen molar-refractivity contribution in [2.24, 2.45) is 7.05 Å². The van der Waals surface area contributed by atoms with E-state index in [1.807, 2.05) is 6.07 Å². The number of nitrogens with zero attached hydrogens (tertiary/aromatic N) is 3. The van der Waals surface area contributed by atoms with Crippen molar-refractivity contribution in [2.45, 2.75) is 12.8 Å². The summed E-state index contributed by atoms with van der Waals surface area (Å²) >= 11 is 5.69. The van der Waals surface area contributed by atoms with Gasteiger partial charge in [0.15, 0.2) is 5.78 Å². The Kier molecular flexibility index (Phi) is 3.86. The molecule has 0 saturated carbocycles. The minimum absolute atomic E-state index is 0.0201. The molecule has 20 heavy (non-hydrogen) atoms. The lowest BCUT2D eigenvalue weighted by atomic mass is 9.92. The van der Waals surface area contributed by atoms with Gasteiger partial charge in [-0.05, 0) is 13.0 Å². The molecule has 0 fully saturated rings. The molecule has 0 spiro atoms. The number of nitriles is 1. The average Bonchev–Trinajstić information content (AvgIpc) is 2.74. The Hall–Kier alpha value is -2.19. The number of ketones is 1. The number of aromatic nitrogens is 2. The lowest BCUT2D eigenvalue weighted by molar-refractivity contribution is 0.0977. The molecule has 1 aromatic carbocycles. The molecule has 1 atom stereocenters. The monoisotopic (exact) mass is 291 g/mol. The van der Waals surface area contributed by atoms with E-state index in [0.29, 0.717) is 11.3 Å². The maximum atomic E-state index is 14.0. The molecule has 2 aromatic rings. The van der Waals surface area contributed by atoms with E-state index in [2.05, 4.69) is 5.10 Å². The quantitative estimate of drug-likeness (QED) is 0.817. The van der Waals surface area contributed by atoms with Crippen LogP contribution in [0.25, 0.3) is 0 Å². The molecule has 0 radical (unpaired) electrons. The Morgan fingerprint density at radius 3 is 2.80 bits per heavy atom. The second kappa shape index (κ2) is 5.43. The average molecular weight is 292 g/mol. The highest BCUT2D eigenvalue weighted by atomic mass is 35.5. The number of benzene rings is 1. The van der Waals surface area contributed by atoms with Gasteiger partial charge < -0.3 is 0 Å². The van der Waals surface area contributed by atoms with Crippen molar-refractivity contribution in [3.8, 4) is 6.07 Å². The molecular weight excluding hydrogens is 281 g/mol. The van der Waals surface area contributed by atoms with Crippen molar-refractivity contribution in [2.75, 3.05) is 0 Å². The molecule has 6 heteroatoms. The van der Waals surface area contributed by atoms with Crippen molar-refractivity contribution in [1.82, 2.24) is 9.78 Å². The third-order valence-corrected chi connectivity index (χ3v) is 3.25. The topological polar surface area (TPSA) is 58.7 Å². The molecule has 1 unspecified atom stereocenters. The molecule has 0 bridgehead atoms. The van der Waals surface area contributed by atoms with E-state index in [-0.39, 0.29) is 10.6 Å². The number of aryl methyl sites for hydroxylation is 2. The zero-order chi connectivity index (χ0) is 14.9.